The third-order valence-corrected chi connectivity index (χ3v) is 1.47. The van der Waals surface area contributed by atoms with Gasteiger partial charge in [-0.15, -0.1) is 21.6 Å². The second-order valence-electron chi connectivity index (χ2n) is 2.00. The van der Waals surface area contributed by atoms with Crippen LogP contribution in [0.15, 0.2) is 30.3 Å². The highest BCUT2D eigenvalue weighted by atomic mass is 35.5. The molecule has 11 heavy (non-hydrogen) atoms. The average molecular weight is 191 g/mol. The zero-order valence-electron chi connectivity index (χ0n) is 6.19. The molecule has 1 atom stereocenters. The first kappa shape index (κ1) is 10.9. The molecule has 62 valence electrons. The molecular weight excluding hydrogens is 179 g/mol. The Hall–Kier alpha value is -0.100. The van der Waals surface area contributed by atoms with Gasteiger partial charge in [-0.05, 0) is 5.56 Å². The lowest BCUT2D eigenvalue weighted by Gasteiger charge is -1.98. The summed E-state index contributed by atoms with van der Waals surface area (Å²) in [6.07, 6.45) is 0.703. The summed E-state index contributed by atoms with van der Waals surface area (Å²) in [6.45, 7) is 0.713. The molecule has 0 amide bonds. The smallest absolute Gasteiger partial charge is 0.0721 e. The quantitative estimate of drug-likeness (QED) is 0.666. The zero-order chi connectivity index (χ0) is 7.23. The molecule has 1 aromatic rings. The summed E-state index contributed by atoms with van der Waals surface area (Å²) in [4.78, 5) is 0. The van der Waals surface area contributed by atoms with Crippen LogP contribution in [0.4, 0.5) is 0 Å². The van der Waals surface area contributed by atoms with Crippen molar-refractivity contribution in [2.24, 2.45) is 0 Å². The standard InChI is InChI=1S/C8H11OP.ClH/c10-7-9-6-8-4-2-1-3-5-8;/h1-5H,6-7,10H2;1H. The molecule has 1 rings (SSSR count). The van der Waals surface area contributed by atoms with E-state index in [1.165, 1.54) is 5.56 Å². The highest BCUT2D eigenvalue weighted by Gasteiger charge is 1.86. The maximum atomic E-state index is 5.18. The van der Waals surface area contributed by atoms with Gasteiger partial charge < -0.3 is 4.74 Å². The second-order valence-corrected chi connectivity index (χ2v) is 2.33. The van der Waals surface area contributed by atoms with Gasteiger partial charge >= 0.3 is 0 Å². The molecule has 1 aromatic carbocycles. The van der Waals surface area contributed by atoms with Crippen molar-refractivity contribution in [2.75, 3.05) is 6.35 Å². The van der Waals surface area contributed by atoms with Crippen LogP contribution in [0.25, 0.3) is 0 Å². The topological polar surface area (TPSA) is 9.23 Å². The Morgan fingerprint density at radius 2 is 1.82 bits per heavy atom. The molecule has 0 radical (unpaired) electrons. The van der Waals surface area contributed by atoms with Crippen LogP contribution in [0.2, 0.25) is 0 Å². The Morgan fingerprint density at radius 3 is 2.36 bits per heavy atom. The highest BCUT2D eigenvalue weighted by Crippen LogP contribution is 2.00. The van der Waals surface area contributed by atoms with E-state index in [1.807, 2.05) is 18.2 Å². The minimum Gasteiger partial charge on any atom is -0.373 e. The molecular formula is C8H12ClOP. The summed E-state index contributed by atoms with van der Waals surface area (Å²) < 4.78 is 5.18. The van der Waals surface area contributed by atoms with Crippen molar-refractivity contribution in [3.8, 4) is 0 Å². The predicted molar refractivity (Wildman–Crippen MR) is 53.1 cm³/mol. The van der Waals surface area contributed by atoms with Crippen LogP contribution in [0.5, 0.6) is 0 Å². The van der Waals surface area contributed by atoms with Gasteiger partial charge in [0.05, 0.1) is 13.0 Å². The van der Waals surface area contributed by atoms with Crippen molar-refractivity contribution in [3.63, 3.8) is 0 Å². The van der Waals surface area contributed by atoms with Gasteiger partial charge in [0.25, 0.3) is 0 Å². The van der Waals surface area contributed by atoms with Crippen molar-refractivity contribution < 1.29 is 4.74 Å². The molecule has 0 aromatic heterocycles. The summed E-state index contributed by atoms with van der Waals surface area (Å²) in [5, 5.41) is 0. The normalized spacial score (nSPS) is 8.82. The van der Waals surface area contributed by atoms with Crippen LogP contribution < -0.4 is 0 Å². The molecule has 0 N–H and O–H groups in total. The summed E-state index contributed by atoms with van der Waals surface area (Å²) in [7, 11) is 2.53. The van der Waals surface area contributed by atoms with Gasteiger partial charge in [-0.1, -0.05) is 30.3 Å². The van der Waals surface area contributed by atoms with Crippen molar-refractivity contribution in [1.29, 1.82) is 0 Å². The Kier molecular flexibility index (Phi) is 6.54. The minimum absolute atomic E-state index is 0. The van der Waals surface area contributed by atoms with Crippen LogP contribution in [0.3, 0.4) is 0 Å². The molecule has 0 aliphatic heterocycles. The molecule has 0 saturated heterocycles. The molecule has 1 nitrogen and oxygen atoms in total. The van der Waals surface area contributed by atoms with Gasteiger partial charge in [-0.3, -0.25) is 0 Å². The summed E-state index contributed by atoms with van der Waals surface area (Å²) in [5.41, 5.74) is 1.23. The Bertz CT molecular complexity index is 179. The van der Waals surface area contributed by atoms with E-state index < -0.39 is 0 Å². The van der Waals surface area contributed by atoms with Crippen LogP contribution in [0.1, 0.15) is 5.56 Å². The van der Waals surface area contributed by atoms with E-state index >= 15 is 0 Å². The highest BCUT2D eigenvalue weighted by molar-refractivity contribution is 7.16. The first-order valence-electron chi connectivity index (χ1n) is 3.25. The van der Waals surface area contributed by atoms with Crippen LogP contribution in [-0.2, 0) is 11.3 Å². The van der Waals surface area contributed by atoms with Gasteiger partial charge in [0, 0.05) is 0 Å². The maximum Gasteiger partial charge on any atom is 0.0721 e. The third kappa shape index (κ3) is 4.36. The first-order chi connectivity index (χ1) is 4.93. The van der Waals surface area contributed by atoms with Crippen molar-refractivity contribution >= 4 is 21.6 Å². The summed E-state index contributed by atoms with van der Waals surface area (Å²) >= 11 is 0. The van der Waals surface area contributed by atoms with Crippen molar-refractivity contribution in [2.45, 2.75) is 6.61 Å². The van der Waals surface area contributed by atoms with E-state index in [0.717, 1.165) is 0 Å². The average Bonchev–Trinajstić information content (AvgIpc) is 2.03. The van der Waals surface area contributed by atoms with E-state index in [2.05, 4.69) is 21.4 Å². The number of halogens is 1. The fourth-order valence-corrected chi connectivity index (χ4v) is 0.869. The number of benzene rings is 1. The zero-order valence-corrected chi connectivity index (χ0v) is 8.17. The van der Waals surface area contributed by atoms with E-state index in [9.17, 15) is 0 Å². The first-order valence-corrected chi connectivity index (χ1v) is 4.07. The fourth-order valence-electron chi connectivity index (χ4n) is 0.751. The second kappa shape index (κ2) is 6.60. The molecule has 0 saturated carbocycles. The van der Waals surface area contributed by atoms with Crippen molar-refractivity contribution in [3.05, 3.63) is 35.9 Å². The largest absolute Gasteiger partial charge is 0.373 e. The minimum atomic E-state index is 0. The number of hydrogen-bond acceptors (Lipinski definition) is 1. The van der Waals surface area contributed by atoms with Gasteiger partial charge in [-0.2, -0.15) is 0 Å². The lowest BCUT2D eigenvalue weighted by Crippen LogP contribution is -1.88. The number of rotatable bonds is 3. The number of hydrogen-bond donors (Lipinski definition) is 0. The molecule has 3 heteroatoms. The Balaban J connectivity index is 0.000001000. The van der Waals surface area contributed by atoms with E-state index in [4.69, 9.17) is 4.74 Å². The molecule has 1 unspecified atom stereocenters. The van der Waals surface area contributed by atoms with Crippen LogP contribution >= 0.6 is 21.6 Å². The van der Waals surface area contributed by atoms with E-state index in [1.54, 1.807) is 0 Å². The van der Waals surface area contributed by atoms with Gasteiger partial charge in [0.2, 0.25) is 0 Å². The monoisotopic (exact) mass is 190 g/mol. The lowest BCUT2D eigenvalue weighted by atomic mass is 10.2. The molecule has 0 fully saturated rings. The summed E-state index contributed by atoms with van der Waals surface area (Å²) in [5.74, 6) is 0. The van der Waals surface area contributed by atoms with E-state index in [0.29, 0.717) is 13.0 Å². The maximum absolute atomic E-state index is 5.18. The predicted octanol–water partition coefficient (Wildman–Crippen LogP) is 2.46. The van der Waals surface area contributed by atoms with E-state index in [-0.39, 0.29) is 12.4 Å². The van der Waals surface area contributed by atoms with Crippen LogP contribution in [-0.4, -0.2) is 6.35 Å². The van der Waals surface area contributed by atoms with Gasteiger partial charge in [-0.25, -0.2) is 0 Å². The van der Waals surface area contributed by atoms with Crippen molar-refractivity contribution in [1.82, 2.24) is 0 Å². The Morgan fingerprint density at radius 1 is 1.18 bits per heavy atom. The molecule has 0 aliphatic rings. The lowest BCUT2D eigenvalue weighted by molar-refractivity contribution is 0.168. The number of ether oxygens (including phenoxy) is 1. The third-order valence-electron chi connectivity index (χ3n) is 1.23. The molecule has 0 aliphatic carbocycles. The van der Waals surface area contributed by atoms with Crippen LogP contribution in [0, 0.1) is 0 Å². The van der Waals surface area contributed by atoms with Gasteiger partial charge in [0.1, 0.15) is 0 Å². The SMILES string of the molecule is Cl.PCOCc1ccccc1. The summed E-state index contributed by atoms with van der Waals surface area (Å²) in [6, 6.07) is 10.1. The molecule has 0 heterocycles. The van der Waals surface area contributed by atoms with Gasteiger partial charge in [0.15, 0.2) is 0 Å². The molecule has 0 spiro atoms. The fraction of sp³-hybridized carbons (Fsp3) is 0.250. The Labute approximate surface area is 75.8 Å². The molecule has 0 bridgehead atoms.